The number of rotatable bonds is 2. The number of anilines is 1. The number of amides is 1. The first-order chi connectivity index (χ1) is 8.06. The van der Waals surface area contributed by atoms with Crippen LogP contribution in [0.5, 0.6) is 0 Å². The number of aromatic nitrogens is 2. The van der Waals surface area contributed by atoms with Gasteiger partial charge in [-0.2, -0.15) is 0 Å². The molecule has 2 rings (SSSR count). The highest BCUT2D eigenvalue weighted by Gasteiger charge is 2.24. The molecule has 0 aromatic carbocycles. The number of carbonyl (C=O) groups is 1. The molecule has 1 amide bonds. The van der Waals surface area contributed by atoms with Crippen LogP contribution in [0, 0.1) is 12.8 Å². The molecule has 1 unspecified atom stereocenters. The molecule has 92 valence electrons. The van der Waals surface area contributed by atoms with Gasteiger partial charge in [0, 0.05) is 19.2 Å². The van der Waals surface area contributed by atoms with Gasteiger partial charge in [0.15, 0.2) is 0 Å². The smallest absolute Gasteiger partial charge is 0.252 e. The quantitative estimate of drug-likeness (QED) is 0.742. The van der Waals surface area contributed by atoms with Crippen molar-refractivity contribution in [3.63, 3.8) is 0 Å². The summed E-state index contributed by atoms with van der Waals surface area (Å²) < 4.78 is 0. The Morgan fingerprint density at radius 1 is 1.65 bits per heavy atom. The van der Waals surface area contributed by atoms with Gasteiger partial charge in [-0.3, -0.25) is 9.59 Å². The highest BCUT2D eigenvalue weighted by molar-refractivity contribution is 5.77. The molecule has 1 aromatic heterocycles. The molecule has 1 aromatic rings. The fourth-order valence-corrected chi connectivity index (χ4v) is 2.14. The number of nitrogens with zero attached hydrogens (tertiary/aromatic N) is 2. The Kier molecular flexibility index (Phi) is 3.12. The maximum Gasteiger partial charge on any atom is 0.252 e. The molecular formula is C11H16N4O2. The second kappa shape index (κ2) is 4.57. The Balaban J connectivity index is 2.21. The molecule has 1 fully saturated rings. The normalized spacial score (nSPS) is 20.3. The van der Waals surface area contributed by atoms with E-state index in [1.165, 1.54) is 6.07 Å². The summed E-state index contributed by atoms with van der Waals surface area (Å²) in [5.41, 5.74) is 5.14. The lowest BCUT2D eigenvalue weighted by atomic mass is 9.97. The van der Waals surface area contributed by atoms with Gasteiger partial charge in [0.1, 0.15) is 11.6 Å². The standard InChI is InChI=1S/C11H16N4O2/c1-7-13-9(5-10(16)14-7)15-4-2-3-8(6-15)11(12)17/h5,8H,2-4,6H2,1H3,(H2,12,17)(H,13,14,16). The number of primary amides is 1. The first-order valence-electron chi connectivity index (χ1n) is 5.68. The maximum atomic E-state index is 11.4. The van der Waals surface area contributed by atoms with E-state index in [0.29, 0.717) is 18.2 Å². The lowest BCUT2D eigenvalue weighted by Gasteiger charge is -2.31. The number of nitrogens with one attached hydrogen (secondary N) is 1. The van der Waals surface area contributed by atoms with Crippen molar-refractivity contribution >= 4 is 11.7 Å². The summed E-state index contributed by atoms with van der Waals surface area (Å²) in [6.45, 7) is 3.09. The summed E-state index contributed by atoms with van der Waals surface area (Å²) in [7, 11) is 0. The zero-order valence-electron chi connectivity index (χ0n) is 9.77. The molecule has 3 N–H and O–H groups in total. The van der Waals surface area contributed by atoms with E-state index in [-0.39, 0.29) is 17.4 Å². The molecule has 0 bridgehead atoms. The van der Waals surface area contributed by atoms with Gasteiger partial charge < -0.3 is 15.6 Å². The summed E-state index contributed by atoms with van der Waals surface area (Å²) >= 11 is 0. The fraction of sp³-hybridized carbons (Fsp3) is 0.545. The predicted octanol–water partition coefficient (Wildman–Crippen LogP) is -0.220. The van der Waals surface area contributed by atoms with Crippen molar-refractivity contribution in [1.82, 2.24) is 9.97 Å². The van der Waals surface area contributed by atoms with Crippen LogP contribution in [0.3, 0.4) is 0 Å². The van der Waals surface area contributed by atoms with Gasteiger partial charge in [-0.15, -0.1) is 0 Å². The number of nitrogens with two attached hydrogens (primary N) is 1. The summed E-state index contributed by atoms with van der Waals surface area (Å²) in [6.07, 6.45) is 1.70. The summed E-state index contributed by atoms with van der Waals surface area (Å²) in [6, 6.07) is 1.45. The van der Waals surface area contributed by atoms with E-state index in [9.17, 15) is 9.59 Å². The molecule has 0 radical (unpaired) electrons. The van der Waals surface area contributed by atoms with Crippen molar-refractivity contribution in [2.75, 3.05) is 18.0 Å². The Morgan fingerprint density at radius 2 is 2.41 bits per heavy atom. The van der Waals surface area contributed by atoms with Crippen molar-refractivity contribution in [3.8, 4) is 0 Å². The van der Waals surface area contributed by atoms with Crippen molar-refractivity contribution in [2.24, 2.45) is 11.7 Å². The monoisotopic (exact) mass is 236 g/mol. The average Bonchev–Trinajstić information content (AvgIpc) is 2.28. The molecule has 17 heavy (non-hydrogen) atoms. The first kappa shape index (κ1) is 11.6. The van der Waals surface area contributed by atoms with Crippen molar-refractivity contribution < 1.29 is 4.79 Å². The van der Waals surface area contributed by atoms with Crippen LogP contribution in [0.2, 0.25) is 0 Å². The first-order valence-corrected chi connectivity index (χ1v) is 5.68. The number of carbonyl (C=O) groups excluding carboxylic acids is 1. The Morgan fingerprint density at radius 3 is 3.06 bits per heavy atom. The van der Waals surface area contributed by atoms with Gasteiger partial charge in [0.05, 0.1) is 5.92 Å². The Hall–Kier alpha value is -1.85. The van der Waals surface area contributed by atoms with Crippen LogP contribution in [-0.2, 0) is 4.79 Å². The van der Waals surface area contributed by atoms with E-state index in [1.807, 2.05) is 4.90 Å². The third-order valence-corrected chi connectivity index (χ3v) is 2.99. The second-order valence-electron chi connectivity index (χ2n) is 4.38. The predicted molar refractivity (Wildman–Crippen MR) is 63.7 cm³/mol. The molecule has 0 spiro atoms. The molecule has 1 saturated heterocycles. The molecule has 0 saturated carbocycles. The van der Waals surface area contributed by atoms with Crippen LogP contribution in [0.25, 0.3) is 0 Å². The van der Waals surface area contributed by atoms with Crippen LogP contribution in [0.15, 0.2) is 10.9 Å². The summed E-state index contributed by atoms with van der Waals surface area (Å²) in [5, 5.41) is 0. The number of H-pyrrole nitrogens is 1. The summed E-state index contributed by atoms with van der Waals surface area (Å²) in [4.78, 5) is 31.3. The molecule has 1 aliphatic rings. The molecule has 0 aliphatic carbocycles. The van der Waals surface area contributed by atoms with E-state index >= 15 is 0 Å². The van der Waals surface area contributed by atoms with Gasteiger partial charge in [-0.1, -0.05) is 0 Å². The fourth-order valence-electron chi connectivity index (χ4n) is 2.14. The van der Waals surface area contributed by atoms with Crippen molar-refractivity contribution in [3.05, 3.63) is 22.2 Å². The van der Waals surface area contributed by atoms with E-state index < -0.39 is 0 Å². The zero-order valence-corrected chi connectivity index (χ0v) is 9.77. The molecular weight excluding hydrogens is 220 g/mol. The summed E-state index contributed by atoms with van der Waals surface area (Å²) in [5.74, 6) is 0.771. The number of aromatic amines is 1. The number of aryl methyl sites for hydroxylation is 1. The van der Waals surface area contributed by atoms with E-state index in [1.54, 1.807) is 6.92 Å². The van der Waals surface area contributed by atoms with Gasteiger partial charge in [0.25, 0.3) is 5.56 Å². The SMILES string of the molecule is Cc1nc(N2CCCC(C(N)=O)C2)cc(=O)[nH]1. The molecule has 2 heterocycles. The number of hydrogen-bond acceptors (Lipinski definition) is 4. The third-order valence-electron chi connectivity index (χ3n) is 2.99. The average molecular weight is 236 g/mol. The van der Waals surface area contributed by atoms with E-state index in [4.69, 9.17) is 5.73 Å². The topological polar surface area (TPSA) is 92.1 Å². The third kappa shape index (κ3) is 2.64. The molecule has 1 aliphatic heterocycles. The lowest BCUT2D eigenvalue weighted by molar-refractivity contribution is -0.122. The van der Waals surface area contributed by atoms with Crippen LogP contribution in [0.1, 0.15) is 18.7 Å². The van der Waals surface area contributed by atoms with Crippen molar-refractivity contribution in [1.29, 1.82) is 0 Å². The number of hydrogen-bond donors (Lipinski definition) is 2. The highest BCUT2D eigenvalue weighted by Crippen LogP contribution is 2.20. The van der Waals surface area contributed by atoms with Gasteiger partial charge in [0.2, 0.25) is 5.91 Å². The minimum atomic E-state index is -0.281. The largest absolute Gasteiger partial charge is 0.369 e. The van der Waals surface area contributed by atoms with Gasteiger partial charge in [-0.05, 0) is 19.8 Å². The minimum absolute atomic E-state index is 0.148. The highest BCUT2D eigenvalue weighted by atomic mass is 16.1. The van der Waals surface area contributed by atoms with Crippen molar-refractivity contribution in [2.45, 2.75) is 19.8 Å². The van der Waals surface area contributed by atoms with Crippen LogP contribution in [0.4, 0.5) is 5.82 Å². The second-order valence-corrected chi connectivity index (χ2v) is 4.38. The van der Waals surface area contributed by atoms with Crippen LogP contribution < -0.4 is 16.2 Å². The van der Waals surface area contributed by atoms with E-state index in [2.05, 4.69) is 9.97 Å². The Labute approximate surface area is 98.8 Å². The maximum absolute atomic E-state index is 11.4. The molecule has 6 heteroatoms. The van der Waals surface area contributed by atoms with Gasteiger partial charge in [-0.25, -0.2) is 4.98 Å². The lowest BCUT2D eigenvalue weighted by Crippen LogP contribution is -2.42. The van der Waals surface area contributed by atoms with Gasteiger partial charge >= 0.3 is 0 Å². The molecule has 1 atom stereocenters. The van der Waals surface area contributed by atoms with Crippen LogP contribution >= 0.6 is 0 Å². The minimum Gasteiger partial charge on any atom is -0.369 e. The zero-order chi connectivity index (χ0) is 12.4. The molecule has 6 nitrogen and oxygen atoms in total. The van der Waals surface area contributed by atoms with Crippen LogP contribution in [-0.4, -0.2) is 29.0 Å². The van der Waals surface area contributed by atoms with E-state index in [0.717, 1.165) is 19.4 Å². The number of piperidine rings is 1. The Bertz CT molecular complexity index is 483.